The van der Waals surface area contributed by atoms with E-state index in [1.807, 2.05) is 67.6 Å². The molecule has 3 aromatic rings. The van der Waals surface area contributed by atoms with Gasteiger partial charge in [0.15, 0.2) is 5.78 Å². The number of hydrogen-bond acceptors (Lipinski definition) is 5. The minimum absolute atomic E-state index is 0.00998. The van der Waals surface area contributed by atoms with E-state index in [0.29, 0.717) is 18.4 Å². The van der Waals surface area contributed by atoms with Crippen molar-refractivity contribution in [2.75, 3.05) is 10.2 Å². The number of fused-ring (bicyclic) bond motifs is 1. The highest BCUT2D eigenvalue weighted by molar-refractivity contribution is 6.06. The number of anilines is 2. The first kappa shape index (κ1) is 22.5. The average Bonchev–Trinajstić information content (AvgIpc) is 3.03. The van der Waals surface area contributed by atoms with E-state index in [0.717, 1.165) is 28.2 Å². The number of para-hydroxylation sites is 2. The van der Waals surface area contributed by atoms with Crippen LogP contribution < -0.4 is 10.2 Å². The maximum absolute atomic E-state index is 13.8. The zero-order valence-corrected chi connectivity index (χ0v) is 19.3. The lowest BCUT2D eigenvalue weighted by Crippen LogP contribution is -2.38. The number of nitrogens with one attached hydrogen (secondary N) is 1. The maximum atomic E-state index is 13.8. The molecule has 0 spiro atoms. The van der Waals surface area contributed by atoms with Crippen molar-refractivity contribution in [3.63, 3.8) is 0 Å². The first-order valence-corrected chi connectivity index (χ1v) is 11.7. The van der Waals surface area contributed by atoms with Gasteiger partial charge in [0.2, 0.25) is 5.91 Å². The normalized spacial score (nSPS) is 19.3. The number of nitrogens with zero attached hydrogens (tertiary/aromatic N) is 2. The second kappa shape index (κ2) is 9.18. The van der Waals surface area contributed by atoms with Crippen molar-refractivity contribution in [3.05, 3.63) is 111 Å². The van der Waals surface area contributed by atoms with Crippen molar-refractivity contribution in [2.45, 2.75) is 38.1 Å². The van der Waals surface area contributed by atoms with Crippen LogP contribution in [0.25, 0.3) is 0 Å². The third-order valence-electron chi connectivity index (χ3n) is 6.73. The summed E-state index contributed by atoms with van der Waals surface area (Å²) >= 11 is 0. The van der Waals surface area contributed by atoms with Gasteiger partial charge in [0, 0.05) is 36.2 Å². The number of ketones is 1. The lowest BCUT2D eigenvalue weighted by atomic mass is 9.78. The van der Waals surface area contributed by atoms with Crippen LogP contribution in [0, 0.1) is 10.1 Å². The number of rotatable bonds is 4. The summed E-state index contributed by atoms with van der Waals surface area (Å²) in [7, 11) is 0. The van der Waals surface area contributed by atoms with E-state index in [4.69, 9.17) is 0 Å². The fourth-order valence-corrected chi connectivity index (χ4v) is 5.11. The van der Waals surface area contributed by atoms with Crippen molar-refractivity contribution < 1.29 is 14.5 Å². The summed E-state index contributed by atoms with van der Waals surface area (Å²) in [6, 6.07) is 23.1. The van der Waals surface area contributed by atoms with E-state index in [9.17, 15) is 19.7 Å². The van der Waals surface area contributed by atoms with Gasteiger partial charge >= 0.3 is 0 Å². The summed E-state index contributed by atoms with van der Waals surface area (Å²) < 4.78 is 0. The van der Waals surface area contributed by atoms with Crippen molar-refractivity contribution in [1.82, 2.24) is 0 Å². The smallest absolute Gasteiger partial charge is 0.269 e. The van der Waals surface area contributed by atoms with Gasteiger partial charge in [0.05, 0.1) is 22.3 Å². The van der Waals surface area contributed by atoms with Crippen LogP contribution in [0.1, 0.15) is 49.3 Å². The molecule has 176 valence electrons. The third kappa shape index (κ3) is 4.10. The second-order valence-electron chi connectivity index (χ2n) is 8.85. The van der Waals surface area contributed by atoms with Gasteiger partial charge in [0.25, 0.3) is 5.69 Å². The van der Waals surface area contributed by atoms with E-state index in [1.54, 1.807) is 17.0 Å². The molecule has 3 aromatic carbocycles. The van der Waals surface area contributed by atoms with Crippen LogP contribution in [0.3, 0.4) is 0 Å². The largest absolute Gasteiger partial charge is 0.357 e. The van der Waals surface area contributed by atoms with Crippen LogP contribution in [0.2, 0.25) is 0 Å². The predicted octanol–water partition coefficient (Wildman–Crippen LogP) is 5.91. The summed E-state index contributed by atoms with van der Waals surface area (Å²) in [6.07, 6.45) is 1.02. The fraction of sp³-hybridized carbons (Fsp3) is 0.214. The molecule has 1 aliphatic carbocycles. The molecule has 1 N–H and O–H groups in total. The number of benzene rings is 3. The van der Waals surface area contributed by atoms with Gasteiger partial charge in [-0.15, -0.1) is 0 Å². The van der Waals surface area contributed by atoms with Crippen LogP contribution in [0.15, 0.2) is 90.1 Å². The van der Waals surface area contributed by atoms with Crippen LogP contribution in [0.5, 0.6) is 0 Å². The lowest BCUT2D eigenvalue weighted by Gasteiger charge is -2.35. The number of nitro benzene ring substituents is 1. The van der Waals surface area contributed by atoms with E-state index in [2.05, 4.69) is 5.32 Å². The molecule has 0 aromatic heterocycles. The molecule has 2 aliphatic rings. The molecule has 5 rings (SSSR count). The van der Waals surface area contributed by atoms with Crippen LogP contribution in [0.4, 0.5) is 17.1 Å². The summed E-state index contributed by atoms with van der Waals surface area (Å²) in [5.74, 6) is -0.341. The zero-order chi connectivity index (χ0) is 24.5. The Morgan fingerprint density at radius 1 is 1.00 bits per heavy atom. The fourth-order valence-electron chi connectivity index (χ4n) is 5.11. The minimum atomic E-state index is -0.562. The number of carbonyl (C=O) groups excluding carboxylic acids is 2. The SMILES string of the molecule is CCC(=O)N1c2ccccc2NC2=C(C(=O)CC(c3cccc([N+](=O)[O-])c3)C2)C1c1ccccc1. The van der Waals surface area contributed by atoms with Crippen LogP contribution >= 0.6 is 0 Å². The van der Waals surface area contributed by atoms with Crippen LogP contribution in [-0.4, -0.2) is 16.6 Å². The molecule has 1 heterocycles. The Kier molecular flexibility index (Phi) is 5.91. The minimum Gasteiger partial charge on any atom is -0.357 e. The molecule has 0 saturated heterocycles. The lowest BCUT2D eigenvalue weighted by molar-refractivity contribution is -0.384. The molecule has 0 saturated carbocycles. The van der Waals surface area contributed by atoms with Gasteiger partial charge in [-0.05, 0) is 35.6 Å². The molecule has 1 aliphatic heterocycles. The Hall–Kier alpha value is -4.26. The van der Waals surface area contributed by atoms with Crippen molar-refractivity contribution >= 4 is 28.8 Å². The number of Topliss-reactive ketones (excluding diaryl/α,β-unsaturated/α-hetero) is 1. The molecular weight excluding hydrogens is 442 g/mol. The molecule has 7 heteroatoms. The summed E-state index contributed by atoms with van der Waals surface area (Å²) in [6.45, 7) is 1.82. The highest BCUT2D eigenvalue weighted by atomic mass is 16.6. The van der Waals surface area contributed by atoms with Crippen molar-refractivity contribution in [1.29, 1.82) is 0 Å². The van der Waals surface area contributed by atoms with E-state index < -0.39 is 11.0 Å². The van der Waals surface area contributed by atoms with E-state index in [1.165, 1.54) is 6.07 Å². The maximum Gasteiger partial charge on any atom is 0.269 e. The number of nitro groups is 1. The number of non-ortho nitro benzene ring substituents is 1. The molecule has 0 radical (unpaired) electrons. The Morgan fingerprint density at radius 3 is 2.46 bits per heavy atom. The molecule has 0 fully saturated rings. The average molecular weight is 468 g/mol. The number of hydrogen-bond donors (Lipinski definition) is 1. The predicted molar refractivity (Wildman–Crippen MR) is 134 cm³/mol. The van der Waals surface area contributed by atoms with Gasteiger partial charge in [0.1, 0.15) is 0 Å². The molecule has 7 nitrogen and oxygen atoms in total. The van der Waals surface area contributed by atoms with Gasteiger partial charge in [-0.3, -0.25) is 24.6 Å². The van der Waals surface area contributed by atoms with Gasteiger partial charge < -0.3 is 5.32 Å². The first-order valence-electron chi connectivity index (χ1n) is 11.7. The van der Waals surface area contributed by atoms with Crippen LogP contribution in [-0.2, 0) is 9.59 Å². The Morgan fingerprint density at radius 2 is 1.71 bits per heavy atom. The van der Waals surface area contributed by atoms with E-state index in [-0.39, 0.29) is 29.7 Å². The second-order valence-corrected chi connectivity index (χ2v) is 8.85. The van der Waals surface area contributed by atoms with Gasteiger partial charge in [-0.2, -0.15) is 0 Å². The first-order chi connectivity index (χ1) is 17.0. The van der Waals surface area contributed by atoms with E-state index >= 15 is 0 Å². The Bertz CT molecular complexity index is 1350. The number of allylic oxidation sites excluding steroid dienone is 1. The summed E-state index contributed by atoms with van der Waals surface area (Å²) in [5.41, 5.74) is 4.45. The zero-order valence-electron chi connectivity index (χ0n) is 19.3. The molecule has 1 amide bonds. The van der Waals surface area contributed by atoms with Crippen molar-refractivity contribution in [3.8, 4) is 0 Å². The van der Waals surface area contributed by atoms with Gasteiger partial charge in [-0.1, -0.05) is 61.5 Å². The summed E-state index contributed by atoms with van der Waals surface area (Å²) in [5, 5.41) is 14.8. The molecule has 2 atom stereocenters. The molecule has 0 bridgehead atoms. The molecule has 35 heavy (non-hydrogen) atoms. The molecule has 2 unspecified atom stereocenters. The van der Waals surface area contributed by atoms with Gasteiger partial charge in [-0.25, -0.2) is 0 Å². The summed E-state index contributed by atoms with van der Waals surface area (Å²) in [4.78, 5) is 39.8. The monoisotopic (exact) mass is 467 g/mol. The highest BCUT2D eigenvalue weighted by Crippen LogP contribution is 2.47. The molecular formula is C28H25N3O4. The number of carbonyl (C=O) groups is 2. The standard InChI is InChI=1S/C28H25N3O4/c1-2-26(33)30-24-14-7-6-13-22(24)29-23-16-20(19-11-8-12-21(15-19)31(34)35)17-25(32)27(23)28(30)18-9-4-3-5-10-18/h3-15,20,28-29H,2,16-17H2,1H3. The number of amides is 1. The highest BCUT2D eigenvalue weighted by Gasteiger charge is 2.41. The quantitative estimate of drug-likeness (QED) is 0.381. The Labute approximate surface area is 203 Å². The van der Waals surface area contributed by atoms with Crippen molar-refractivity contribution in [2.24, 2.45) is 0 Å². The third-order valence-corrected chi connectivity index (χ3v) is 6.73. The Balaban J connectivity index is 1.68. The topological polar surface area (TPSA) is 92.6 Å².